The minimum Gasteiger partial charge on any atom is -0.303 e. The van der Waals surface area contributed by atoms with Gasteiger partial charge in [0, 0.05) is 6.42 Å². The van der Waals surface area contributed by atoms with Gasteiger partial charge in [-0.3, -0.25) is 0 Å². The quantitative estimate of drug-likeness (QED) is 0.444. The maximum absolute atomic E-state index is 10.2. The summed E-state index contributed by atoms with van der Waals surface area (Å²) in [6.45, 7) is 6.85. The van der Waals surface area contributed by atoms with Crippen LogP contribution in [0.1, 0.15) is 27.2 Å². The summed E-state index contributed by atoms with van der Waals surface area (Å²) in [4.78, 5) is 10.2. The number of hydrogen-bond donors (Lipinski definition) is 0. The summed E-state index contributed by atoms with van der Waals surface area (Å²) < 4.78 is 0. The molecule has 1 nitrogen and oxygen atoms in total. The van der Waals surface area contributed by atoms with Crippen LogP contribution in [0.3, 0.4) is 0 Å². The molecule has 0 aliphatic heterocycles. The fraction of sp³-hybridized carbons (Fsp3) is 0.889. The lowest BCUT2D eigenvalue weighted by Crippen LogP contribution is -2.30. The van der Waals surface area contributed by atoms with E-state index >= 15 is 0 Å². The lowest BCUT2D eigenvalue weighted by Gasteiger charge is -2.26. The standard InChI is InChI=1S/C9H20OSi/c1-4-11(5-2,6-3)9-7-8-10/h8H,4-7,9H2,1-3H3. The van der Waals surface area contributed by atoms with Crippen molar-refractivity contribution in [2.75, 3.05) is 0 Å². The van der Waals surface area contributed by atoms with Gasteiger partial charge in [0.25, 0.3) is 0 Å². The van der Waals surface area contributed by atoms with Gasteiger partial charge < -0.3 is 4.79 Å². The minimum absolute atomic E-state index is 0.793. The Bertz CT molecular complexity index is 99.9. The molecule has 0 saturated heterocycles. The number of carbonyl (C=O) groups excluding carboxylic acids is 1. The second-order valence-electron chi connectivity index (χ2n) is 3.27. The van der Waals surface area contributed by atoms with E-state index in [0.717, 1.165) is 12.7 Å². The van der Waals surface area contributed by atoms with Gasteiger partial charge in [-0.15, -0.1) is 0 Å². The molecule has 0 bridgehead atoms. The van der Waals surface area contributed by atoms with Crippen LogP contribution in [0, 0.1) is 0 Å². The summed E-state index contributed by atoms with van der Waals surface area (Å²) in [6, 6.07) is 5.23. The van der Waals surface area contributed by atoms with Gasteiger partial charge in [-0.25, -0.2) is 0 Å². The van der Waals surface area contributed by atoms with Crippen molar-refractivity contribution in [1.29, 1.82) is 0 Å². The Morgan fingerprint density at radius 2 is 1.55 bits per heavy atom. The molecule has 0 unspecified atom stereocenters. The van der Waals surface area contributed by atoms with E-state index < -0.39 is 8.07 Å². The molecule has 0 N–H and O–H groups in total. The van der Waals surface area contributed by atoms with E-state index in [9.17, 15) is 4.79 Å². The fourth-order valence-electron chi connectivity index (χ4n) is 1.65. The predicted molar refractivity (Wildman–Crippen MR) is 52.7 cm³/mol. The van der Waals surface area contributed by atoms with Crippen molar-refractivity contribution in [3.8, 4) is 0 Å². The highest BCUT2D eigenvalue weighted by Gasteiger charge is 2.25. The molecule has 66 valence electrons. The summed E-state index contributed by atoms with van der Waals surface area (Å²) in [5, 5.41) is 0. The normalized spacial score (nSPS) is 11.5. The molecule has 0 spiro atoms. The Hall–Kier alpha value is -0.113. The molecule has 0 saturated carbocycles. The highest BCUT2D eigenvalue weighted by Crippen LogP contribution is 2.25. The van der Waals surface area contributed by atoms with Crippen LogP contribution < -0.4 is 0 Å². The first kappa shape index (κ1) is 10.9. The van der Waals surface area contributed by atoms with Crippen LogP contribution in [-0.2, 0) is 4.79 Å². The van der Waals surface area contributed by atoms with Gasteiger partial charge in [0.05, 0.1) is 8.07 Å². The van der Waals surface area contributed by atoms with E-state index in [0.29, 0.717) is 0 Å². The molecule has 2 heteroatoms. The second kappa shape index (κ2) is 5.53. The van der Waals surface area contributed by atoms with Crippen LogP contribution >= 0.6 is 0 Å². The van der Waals surface area contributed by atoms with Crippen LogP contribution in [0.2, 0.25) is 24.2 Å². The van der Waals surface area contributed by atoms with Crippen LogP contribution in [0.4, 0.5) is 0 Å². The zero-order valence-electron chi connectivity index (χ0n) is 8.02. The molecule has 0 amide bonds. The maximum atomic E-state index is 10.2. The van der Waals surface area contributed by atoms with E-state index in [4.69, 9.17) is 0 Å². The molecule has 0 atom stereocenters. The van der Waals surface area contributed by atoms with Crippen LogP contribution in [0.5, 0.6) is 0 Å². The molecular formula is C9H20OSi. The molecule has 11 heavy (non-hydrogen) atoms. The molecule has 0 aromatic rings. The van der Waals surface area contributed by atoms with Gasteiger partial charge in [-0.2, -0.15) is 0 Å². The topological polar surface area (TPSA) is 17.1 Å². The summed E-state index contributed by atoms with van der Waals surface area (Å²) in [5.74, 6) is 0. The van der Waals surface area contributed by atoms with Gasteiger partial charge >= 0.3 is 0 Å². The number of rotatable bonds is 6. The zero-order valence-corrected chi connectivity index (χ0v) is 9.02. The molecule has 0 rings (SSSR count). The van der Waals surface area contributed by atoms with Crippen molar-refractivity contribution < 1.29 is 4.79 Å². The minimum atomic E-state index is -0.970. The fourth-order valence-corrected chi connectivity index (χ4v) is 4.94. The van der Waals surface area contributed by atoms with E-state index in [1.54, 1.807) is 0 Å². The largest absolute Gasteiger partial charge is 0.303 e. The average molecular weight is 172 g/mol. The van der Waals surface area contributed by atoms with Gasteiger partial charge in [0.2, 0.25) is 0 Å². The lowest BCUT2D eigenvalue weighted by atomic mass is 10.6. The van der Waals surface area contributed by atoms with E-state index in [2.05, 4.69) is 20.8 Å². The summed E-state index contributed by atoms with van der Waals surface area (Å²) in [5.41, 5.74) is 0. The first-order valence-corrected chi connectivity index (χ1v) is 7.51. The summed E-state index contributed by atoms with van der Waals surface area (Å²) >= 11 is 0. The molecular weight excluding hydrogens is 152 g/mol. The Balaban J connectivity index is 3.93. The Labute approximate surface area is 71.2 Å². The molecule has 0 aromatic heterocycles. The lowest BCUT2D eigenvalue weighted by molar-refractivity contribution is -0.107. The van der Waals surface area contributed by atoms with Crippen molar-refractivity contribution >= 4 is 14.4 Å². The van der Waals surface area contributed by atoms with Crippen molar-refractivity contribution in [3.05, 3.63) is 0 Å². The number of aldehydes is 1. The third-order valence-electron chi connectivity index (χ3n) is 3.04. The van der Waals surface area contributed by atoms with E-state index in [1.807, 2.05) is 0 Å². The molecule has 0 aromatic carbocycles. The highest BCUT2D eigenvalue weighted by atomic mass is 28.3. The van der Waals surface area contributed by atoms with Crippen LogP contribution in [-0.4, -0.2) is 14.4 Å². The molecule has 0 radical (unpaired) electrons. The Morgan fingerprint density at radius 1 is 1.09 bits per heavy atom. The molecule has 0 aliphatic rings. The van der Waals surface area contributed by atoms with Crippen LogP contribution in [0.25, 0.3) is 0 Å². The first-order valence-electron chi connectivity index (χ1n) is 4.68. The molecule has 0 aliphatic carbocycles. The summed E-state index contributed by atoms with van der Waals surface area (Å²) in [6.07, 6.45) is 1.87. The third-order valence-corrected chi connectivity index (χ3v) is 8.89. The van der Waals surface area contributed by atoms with Crippen molar-refractivity contribution in [3.63, 3.8) is 0 Å². The maximum Gasteiger partial charge on any atom is 0.119 e. The third kappa shape index (κ3) is 3.19. The second-order valence-corrected chi connectivity index (χ2v) is 8.89. The van der Waals surface area contributed by atoms with Gasteiger partial charge in [-0.05, 0) is 0 Å². The average Bonchev–Trinajstić information content (AvgIpc) is 2.08. The van der Waals surface area contributed by atoms with E-state index in [1.165, 1.54) is 24.2 Å². The van der Waals surface area contributed by atoms with Crippen LogP contribution in [0.15, 0.2) is 0 Å². The SMILES string of the molecule is CC[Si](CC)(CC)CCC=O. The Morgan fingerprint density at radius 3 is 1.82 bits per heavy atom. The van der Waals surface area contributed by atoms with Gasteiger partial charge in [0.1, 0.15) is 6.29 Å². The zero-order chi connectivity index (χ0) is 8.74. The van der Waals surface area contributed by atoms with Gasteiger partial charge in [-0.1, -0.05) is 44.9 Å². The number of hydrogen-bond acceptors (Lipinski definition) is 1. The smallest absolute Gasteiger partial charge is 0.119 e. The van der Waals surface area contributed by atoms with E-state index in [-0.39, 0.29) is 0 Å². The number of carbonyl (C=O) groups is 1. The monoisotopic (exact) mass is 172 g/mol. The predicted octanol–water partition coefficient (Wildman–Crippen LogP) is 3.08. The summed E-state index contributed by atoms with van der Waals surface area (Å²) in [7, 11) is -0.970. The highest BCUT2D eigenvalue weighted by molar-refractivity contribution is 6.79. The molecule has 0 heterocycles. The van der Waals surface area contributed by atoms with Crippen molar-refractivity contribution in [2.45, 2.75) is 51.4 Å². The van der Waals surface area contributed by atoms with Crippen molar-refractivity contribution in [2.24, 2.45) is 0 Å². The Kier molecular flexibility index (Phi) is 5.47. The van der Waals surface area contributed by atoms with Gasteiger partial charge in [0.15, 0.2) is 0 Å². The molecule has 0 fully saturated rings. The first-order chi connectivity index (χ1) is 5.24. The van der Waals surface area contributed by atoms with Crippen molar-refractivity contribution in [1.82, 2.24) is 0 Å².